The molecule has 3 aromatic carbocycles. The van der Waals surface area contributed by atoms with Crippen LogP contribution < -0.4 is 5.30 Å². The lowest BCUT2D eigenvalue weighted by Crippen LogP contribution is -1.95. The lowest BCUT2D eigenvalue weighted by Gasteiger charge is -2.08. The van der Waals surface area contributed by atoms with Crippen LogP contribution in [0.2, 0.25) is 0 Å². The summed E-state index contributed by atoms with van der Waals surface area (Å²) in [7, 11) is 2.78. The number of benzene rings is 3. The first-order valence-corrected chi connectivity index (χ1v) is 8.16. The molecule has 0 aromatic heterocycles. The molecule has 0 bridgehead atoms. The van der Waals surface area contributed by atoms with Gasteiger partial charge in [0.2, 0.25) is 0 Å². The highest BCUT2D eigenvalue weighted by Crippen LogP contribution is 2.26. The van der Waals surface area contributed by atoms with Crippen LogP contribution in [-0.4, -0.2) is 0 Å². The van der Waals surface area contributed by atoms with Crippen molar-refractivity contribution < 1.29 is 0 Å². The van der Waals surface area contributed by atoms with Gasteiger partial charge in [0.1, 0.15) is 0 Å². The largest absolute Gasteiger partial charge is 0.105 e. The van der Waals surface area contributed by atoms with Crippen LogP contribution >= 0.6 is 9.24 Å². The highest BCUT2D eigenvalue weighted by Gasteiger charge is 2.03. The van der Waals surface area contributed by atoms with Crippen LogP contribution in [0.4, 0.5) is 0 Å². The molecule has 3 aromatic rings. The van der Waals surface area contributed by atoms with E-state index in [4.69, 9.17) is 0 Å². The van der Waals surface area contributed by atoms with Crippen LogP contribution in [0, 0.1) is 20.8 Å². The quantitative estimate of drug-likeness (QED) is 0.553. The lowest BCUT2D eigenvalue weighted by atomic mass is 9.97. The molecule has 1 heteroatoms. The van der Waals surface area contributed by atoms with E-state index in [0.29, 0.717) is 0 Å². The fourth-order valence-electron chi connectivity index (χ4n) is 2.63. The van der Waals surface area contributed by atoms with Crippen LogP contribution in [0.3, 0.4) is 0 Å². The Kier molecular flexibility index (Phi) is 4.14. The molecule has 3 rings (SSSR count). The maximum absolute atomic E-state index is 2.78. The van der Waals surface area contributed by atoms with Gasteiger partial charge in [0.25, 0.3) is 0 Å². The average molecular weight is 304 g/mol. The molecule has 0 amide bonds. The standard InChI is InChI=1S/C21H21P/c1-14-4-5-19(12-15(14)2)17-6-8-18(9-7-17)20-10-11-21(22)16(3)13-20/h4-13H,22H2,1-3H3. The van der Waals surface area contributed by atoms with Gasteiger partial charge in [-0.15, -0.1) is 9.24 Å². The van der Waals surface area contributed by atoms with Gasteiger partial charge >= 0.3 is 0 Å². The van der Waals surface area contributed by atoms with Gasteiger partial charge in [0, 0.05) is 0 Å². The molecule has 0 aliphatic carbocycles. The Labute approximate surface area is 135 Å². The molecular formula is C21H21P. The molecule has 0 nitrogen and oxygen atoms in total. The first-order valence-electron chi connectivity index (χ1n) is 7.59. The zero-order valence-electron chi connectivity index (χ0n) is 13.4. The number of rotatable bonds is 2. The first-order chi connectivity index (χ1) is 10.5. The van der Waals surface area contributed by atoms with Gasteiger partial charge < -0.3 is 0 Å². The molecule has 0 radical (unpaired) electrons. The van der Waals surface area contributed by atoms with Crippen LogP contribution in [0.5, 0.6) is 0 Å². The topological polar surface area (TPSA) is 0 Å². The summed E-state index contributed by atoms with van der Waals surface area (Å²) in [6.45, 7) is 6.47. The monoisotopic (exact) mass is 304 g/mol. The van der Waals surface area contributed by atoms with Gasteiger partial charge in [0.05, 0.1) is 0 Å². The second-order valence-electron chi connectivity index (χ2n) is 5.95. The third-order valence-corrected chi connectivity index (χ3v) is 4.98. The highest BCUT2D eigenvalue weighted by molar-refractivity contribution is 7.27. The van der Waals surface area contributed by atoms with Crippen LogP contribution in [0.15, 0.2) is 60.7 Å². The minimum absolute atomic E-state index is 1.26. The molecule has 0 N–H and O–H groups in total. The molecule has 0 spiro atoms. The summed E-state index contributed by atoms with van der Waals surface area (Å²) >= 11 is 0. The third-order valence-electron chi connectivity index (χ3n) is 4.33. The molecule has 22 heavy (non-hydrogen) atoms. The predicted octanol–water partition coefficient (Wildman–Crippen LogP) is 5.45. The van der Waals surface area contributed by atoms with E-state index in [1.54, 1.807) is 0 Å². The summed E-state index contributed by atoms with van der Waals surface area (Å²) in [5.74, 6) is 0. The van der Waals surface area contributed by atoms with Crippen molar-refractivity contribution in [2.45, 2.75) is 20.8 Å². The Balaban J connectivity index is 1.95. The molecule has 0 saturated carbocycles. The van der Waals surface area contributed by atoms with Gasteiger partial charge in [-0.05, 0) is 65.0 Å². The van der Waals surface area contributed by atoms with E-state index in [1.807, 2.05) is 0 Å². The zero-order chi connectivity index (χ0) is 15.7. The molecule has 0 aliphatic heterocycles. The van der Waals surface area contributed by atoms with Gasteiger partial charge in [-0.25, -0.2) is 0 Å². The minimum Gasteiger partial charge on any atom is -0.105 e. The van der Waals surface area contributed by atoms with E-state index in [1.165, 1.54) is 44.2 Å². The van der Waals surface area contributed by atoms with Gasteiger partial charge in [-0.2, -0.15) is 0 Å². The zero-order valence-corrected chi connectivity index (χ0v) is 14.5. The molecule has 0 saturated heterocycles. The summed E-state index contributed by atoms with van der Waals surface area (Å²) in [6, 6.07) is 22.1. The average Bonchev–Trinajstić information content (AvgIpc) is 2.53. The maximum Gasteiger partial charge on any atom is -0.0181 e. The van der Waals surface area contributed by atoms with E-state index < -0.39 is 0 Å². The van der Waals surface area contributed by atoms with E-state index >= 15 is 0 Å². The van der Waals surface area contributed by atoms with Crippen LogP contribution in [0.25, 0.3) is 22.3 Å². The summed E-state index contributed by atoms with van der Waals surface area (Å²) < 4.78 is 0. The third kappa shape index (κ3) is 2.98. The number of hydrogen-bond acceptors (Lipinski definition) is 0. The number of aryl methyl sites for hydroxylation is 3. The first kappa shape index (κ1) is 15.0. The van der Waals surface area contributed by atoms with Crippen LogP contribution in [0.1, 0.15) is 16.7 Å². The summed E-state index contributed by atoms with van der Waals surface area (Å²) in [6.07, 6.45) is 0. The van der Waals surface area contributed by atoms with Gasteiger partial charge in [-0.1, -0.05) is 60.7 Å². The number of hydrogen-bond donors (Lipinski definition) is 0. The van der Waals surface area contributed by atoms with Gasteiger partial charge in [-0.3, -0.25) is 0 Å². The second-order valence-corrected chi connectivity index (χ2v) is 6.57. The molecule has 1 unspecified atom stereocenters. The van der Waals surface area contributed by atoms with Crippen molar-refractivity contribution >= 4 is 14.5 Å². The molecule has 0 aliphatic rings. The summed E-state index contributed by atoms with van der Waals surface area (Å²) in [5.41, 5.74) is 9.08. The Morgan fingerprint density at radius 3 is 1.45 bits per heavy atom. The van der Waals surface area contributed by atoms with Crippen molar-refractivity contribution in [3.8, 4) is 22.3 Å². The molecular weight excluding hydrogens is 283 g/mol. The van der Waals surface area contributed by atoms with Crippen LogP contribution in [-0.2, 0) is 0 Å². The smallest absolute Gasteiger partial charge is 0.0181 e. The van der Waals surface area contributed by atoms with Crippen molar-refractivity contribution in [2.75, 3.05) is 0 Å². The fraction of sp³-hybridized carbons (Fsp3) is 0.143. The Morgan fingerprint density at radius 1 is 0.500 bits per heavy atom. The van der Waals surface area contributed by atoms with Crippen molar-refractivity contribution in [3.63, 3.8) is 0 Å². The van der Waals surface area contributed by atoms with Gasteiger partial charge in [0.15, 0.2) is 0 Å². The van der Waals surface area contributed by atoms with Crippen molar-refractivity contribution in [1.82, 2.24) is 0 Å². The Bertz CT molecular complexity index is 743. The fourth-order valence-corrected chi connectivity index (χ4v) is 2.81. The van der Waals surface area contributed by atoms with E-state index in [-0.39, 0.29) is 0 Å². The molecule has 110 valence electrons. The molecule has 0 fully saturated rings. The Morgan fingerprint density at radius 2 is 0.955 bits per heavy atom. The highest BCUT2D eigenvalue weighted by atomic mass is 31.0. The SMILES string of the molecule is Cc1ccc(-c2ccc(-c3ccc(P)c(C)c3)cc2)cc1C. The summed E-state index contributed by atoms with van der Waals surface area (Å²) in [4.78, 5) is 0. The molecule has 1 atom stereocenters. The Hall–Kier alpha value is -1.91. The van der Waals surface area contributed by atoms with Crippen molar-refractivity contribution in [2.24, 2.45) is 0 Å². The second kappa shape index (κ2) is 6.07. The molecule has 0 heterocycles. The predicted molar refractivity (Wildman–Crippen MR) is 101 cm³/mol. The van der Waals surface area contributed by atoms with Crippen molar-refractivity contribution in [3.05, 3.63) is 77.4 Å². The minimum atomic E-state index is 1.26. The lowest BCUT2D eigenvalue weighted by molar-refractivity contribution is 1.34. The summed E-state index contributed by atoms with van der Waals surface area (Å²) in [5, 5.41) is 1.26. The normalized spacial score (nSPS) is 10.7. The van der Waals surface area contributed by atoms with E-state index in [0.717, 1.165) is 0 Å². The maximum atomic E-state index is 2.78. The van der Waals surface area contributed by atoms with E-state index in [2.05, 4.69) is 90.7 Å². The van der Waals surface area contributed by atoms with E-state index in [9.17, 15) is 0 Å². The van der Waals surface area contributed by atoms with Crippen molar-refractivity contribution in [1.29, 1.82) is 0 Å².